The largest absolute Gasteiger partial charge is 0.303 e. The molecule has 0 aromatic carbocycles. The van der Waals surface area contributed by atoms with E-state index in [-0.39, 0.29) is 0 Å². The van der Waals surface area contributed by atoms with Gasteiger partial charge in [0.05, 0.1) is 0 Å². The molecule has 0 spiro atoms. The van der Waals surface area contributed by atoms with Crippen molar-refractivity contribution in [3.8, 4) is 0 Å². The van der Waals surface area contributed by atoms with Crippen molar-refractivity contribution in [3.63, 3.8) is 0 Å². The topological polar surface area (TPSA) is 3.24 Å². The maximum Gasteiger partial charge on any atom is -0.00136 e. The molecular weight excluding hydrogens is 178 g/mol. The van der Waals surface area contributed by atoms with Gasteiger partial charge in [0.2, 0.25) is 0 Å². The molecule has 0 atom stereocenters. The van der Waals surface area contributed by atoms with Gasteiger partial charge >= 0.3 is 0 Å². The Balaban J connectivity index is 2.11. The number of hydrogen-bond donors (Lipinski definition) is 1. The Morgan fingerprint density at radius 3 is 2.31 bits per heavy atom. The van der Waals surface area contributed by atoms with Gasteiger partial charge < -0.3 is 4.90 Å². The quantitative estimate of drug-likeness (QED) is 0.541. The van der Waals surface area contributed by atoms with Crippen molar-refractivity contribution >= 4 is 12.6 Å². The first-order chi connectivity index (χ1) is 6.14. The summed E-state index contributed by atoms with van der Waals surface area (Å²) in [7, 11) is 0. The average molecular weight is 201 g/mol. The Bertz CT molecular complexity index is 135. The van der Waals surface area contributed by atoms with Crippen LogP contribution in [0.3, 0.4) is 0 Å². The van der Waals surface area contributed by atoms with E-state index in [0.717, 1.165) is 5.75 Å². The van der Waals surface area contributed by atoms with Crippen molar-refractivity contribution in [2.75, 3.05) is 25.4 Å². The molecular formula is C11H23NS. The van der Waals surface area contributed by atoms with Gasteiger partial charge in [-0.3, -0.25) is 0 Å². The predicted octanol–water partition coefficient (Wildman–Crippen LogP) is 2.82. The highest BCUT2D eigenvalue weighted by Crippen LogP contribution is 2.29. The number of rotatable bonds is 4. The lowest BCUT2D eigenvalue weighted by Crippen LogP contribution is -2.37. The van der Waals surface area contributed by atoms with Gasteiger partial charge in [-0.2, -0.15) is 12.6 Å². The minimum absolute atomic E-state index is 0.597. The zero-order chi connectivity index (χ0) is 9.73. The molecule has 1 aliphatic heterocycles. The molecule has 0 aromatic rings. The van der Waals surface area contributed by atoms with E-state index >= 15 is 0 Å². The van der Waals surface area contributed by atoms with Gasteiger partial charge in [0.15, 0.2) is 0 Å². The summed E-state index contributed by atoms with van der Waals surface area (Å²) in [5, 5.41) is 0. The second-order valence-electron chi connectivity index (χ2n) is 4.94. The Hall–Kier alpha value is 0.310. The fourth-order valence-corrected chi connectivity index (χ4v) is 2.05. The van der Waals surface area contributed by atoms with Crippen LogP contribution in [0.25, 0.3) is 0 Å². The highest BCUT2D eigenvalue weighted by molar-refractivity contribution is 7.80. The van der Waals surface area contributed by atoms with E-state index in [1.807, 2.05) is 0 Å². The minimum atomic E-state index is 0.597. The molecule has 0 aliphatic carbocycles. The number of hydrogen-bond acceptors (Lipinski definition) is 2. The van der Waals surface area contributed by atoms with E-state index in [1.165, 1.54) is 45.3 Å². The van der Waals surface area contributed by atoms with E-state index < -0.39 is 0 Å². The van der Waals surface area contributed by atoms with E-state index in [2.05, 4.69) is 31.4 Å². The van der Waals surface area contributed by atoms with Crippen molar-refractivity contribution in [2.45, 2.75) is 39.5 Å². The van der Waals surface area contributed by atoms with Gasteiger partial charge in [0.1, 0.15) is 0 Å². The summed E-state index contributed by atoms with van der Waals surface area (Å²) in [6.45, 7) is 8.67. The zero-order valence-electron chi connectivity index (χ0n) is 9.05. The van der Waals surface area contributed by atoms with Gasteiger partial charge in [-0.05, 0) is 56.5 Å². The monoisotopic (exact) mass is 201 g/mol. The number of thiol groups is 1. The summed E-state index contributed by atoms with van der Waals surface area (Å²) in [5.41, 5.74) is 0.597. The lowest BCUT2D eigenvalue weighted by atomic mass is 9.83. The van der Waals surface area contributed by atoms with Gasteiger partial charge in [0, 0.05) is 0 Å². The first-order valence-corrected chi connectivity index (χ1v) is 6.10. The summed E-state index contributed by atoms with van der Waals surface area (Å²) in [6, 6.07) is 0. The number of unbranched alkanes of at least 4 members (excludes halogenated alkanes) is 1. The first-order valence-electron chi connectivity index (χ1n) is 5.47. The molecule has 0 saturated carbocycles. The van der Waals surface area contributed by atoms with Crippen LogP contribution in [0.1, 0.15) is 39.5 Å². The third-order valence-electron chi connectivity index (χ3n) is 3.09. The Labute approximate surface area is 88.3 Å². The molecule has 0 bridgehead atoms. The molecule has 1 heterocycles. The molecule has 1 fully saturated rings. The van der Waals surface area contributed by atoms with Gasteiger partial charge in [-0.25, -0.2) is 0 Å². The lowest BCUT2D eigenvalue weighted by molar-refractivity contribution is 0.131. The molecule has 1 rings (SSSR count). The zero-order valence-corrected chi connectivity index (χ0v) is 9.95. The molecule has 2 heteroatoms. The minimum Gasteiger partial charge on any atom is -0.303 e. The Morgan fingerprint density at radius 1 is 1.15 bits per heavy atom. The van der Waals surface area contributed by atoms with Crippen LogP contribution in [0.15, 0.2) is 0 Å². The fraction of sp³-hybridized carbons (Fsp3) is 1.00. The molecule has 1 saturated heterocycles. The molecule has 1 nitrogen and oxygen atoms in total. The summed E-state index contributed by atoms with van der Waals surface area (Å²) in [4.78, 5) is 2.61. The second kappa shape index (κ2) is 5.26. The molecule has 1 aliphatic rings. The van der Waals surface area contributed by atoms with Crippen LogP contribution in [-0.4, -0.2) is 30.3 Å². The molecule has 0 unspecified atom stereocenters. The van der Waals surface area contributed by atoms with Gasteiger partial charge in [0.25, 0.3) is 0 Å². The molecule has 0 aromatic heterocycles. The molecule has 0 amide bonds. The van der Waals surface area contributed by atoms with Gasteiger partial charge in [-0.15, -0.1) is 0 Å². The summed E-state index contributed by atoms with van der Waals surface area (Å²) in [5.74, 6) is 1.04. The van der Waals surface area contributed by atoms with Crippen molar-refractivity contribution in [1.29, 1.82) is 0 Å². The maximum atomic E-state index is 4.23. The molecule has 78 valence electrons. The second-order valence-corrected chi connectivity index (χ2v) is 5.38. The van der Waals surface area contributed by atoms with Crippen molar-refractivity contribution < 1.29 is 0 Å². The predicted molar refractivity (Wildman–Crippen MR) is 62.5 cm³/mol. The third kappa shape index (κ3) is 4.37. The van der Waals surface area contributed by atoms with Crippen molar-refractivity contribution in [1.82, 2.24) is 4.90 Å². The first kappa shape index (κ1) is 11.4. The smallest absolute Gasteiger partial charge is 0.00136 e. The summed E-state index contributed by atoms with van der Waals surface area (Å²) in [6.07, 6.45) is 5.33. The van der Waals surface area contributed by atoms with Crippen LogP contribution < -0.4 is 0 Å². The Kier molecular flexibility index (Phi) is 4.60. The molecule has 0 radical (unpaired) electrons. The van der Waals surface area contributed by atoms with Crippen LogP contribution in [0.5, 0.6) is 0 Å². The number of piperidine rings is 1. The van der Waals surface area contributed by atoms with Crippen molar-refractivity contribution in [2.24, 2.45) is 5.41 Å². The summed E-state index contributed by atoms with van der Waals surface area (Å²) < 4.78 is 0. The van der Waals surface area contributed by atoms with E-state index in [0.29, 0.717) is 5.41 Å². The maximum absolute atomic E-state index is 4.23. The third-order valence-corrected chi connectivity index (χ3v) is 3.41. The van der Waals surface area contributed by atoms with Crippen LogP contribution in [0.4, 0.5) is 0 Å². The number of likely N-dealkylation sites (tertiary alicyclic amines) is 1. The standard InChI is InChI=1S/C11H23NS/c1-11(2)5-8-12(9-6-11)7-3-4-10-13/h13H,3-10H2,1-2H3. The fourth-order valence-electron chi connectivity index (χ4n) is 1.83. The average Bonchev–Trinajstić information content (AvgIpc) is 2.08. The highest BCUT2D eigenvalue weighted by atomic mass is 32.1. The SMILES string of the molecule is CC1(C)CCN(CCCCS)CC1. The lowest BCUT2D eigenvalue weighted by Gasteiger charge is -2.36. The molecule has 0 N–H and O–H groups in total. The highest BCUT2D eigenvalue weighted by Gasteiger charge is 2.24. The van der Waals surface area contributed by atoms with E-state index in [9.17, 15) is 0 Å². The normalized spacial score (nSPS) is 23.3. The Morgan fingerprint density at radius 2 is 1.77 bits per heavy atom. The van der Waals surface area contributed by atoms with E-state index in [4.69, 9.17) is 0 Å². The summed E-state index contributed by atoms with van der Waals surface area (Å²) >= 11 is 4.23. The van der Waals surface area contributed by atoms with Crippen LogP contribution in [0, 0.1) is 5.41 Å². The van der Waals surface area contributed by atoms with Crippen LogP contribution in [-0.2, 0) is 0 Å². The van der Waals surface area contributed by atoms with Crippen LogP contribution >= 0.6 is 12.6 Å². The van der Waals surface area contributed by atoms with Gasteiger partial charge in [-0.1, -0.05) is 13.8 Å². The van der Waals surface area contributed by atoms with E-state index in [1.54, 1.807) is 0 Å². The van der Waals surface area contributed by atoms with Crippen LogP contribution in [0.2, 0.25) is 0 Å². The molecule has 13 heavy (non-hydrogen) atoms. The number of nitrogens with zero attached hydrogens (tertiary/aromatic N) is 1. The van der Waals surface area contributed by atoms with Crippen molar-refractivity contribution in [3.05, 3.63) is 0 Å².